The summed E-state index contributed by atoms with van der Waals surface area (Å²) in [5.41, 5.74) is 2.43. The summed E-state index contributed by atoms with van der Waals surface area (Å²) in [5, 5.41) is 3.76. The largest absolute Gasteiger partial charge is 0.308 e. The first kappa shape index (κ1) is 15.5. The summed E-state index contributed by atoms with van der Waals surface area (Å²) in [6.45, 7) is 1.16. The van der Waals surface area contributed by atoms with Gasteiger partial charge in [0, 0.05) is 17.6 Å². The first-order chi connectivity index (χ1) is 10.6. The van der Waals surface area contributed by atoms with Gasteiger partial charge in [-0.3, -0.25) is 0 Å². The lowest BCUT2D eigenvalue weighted by Crippen LogP contribution is -2.38. The van der Waals surface area contributed by atoms with E-state index in [1.165, 1.54) is 17.7 Å². The van der Waals surface area contributed by atoms with Gasteiger partial charge in [0.15, 0.2) is 0 Å². The molecule has 2 aromatic carbocycles. The summed E-state index contributed by atoms with van der Waals surface area (Å²) in [4.78, 5) is 0.184. The van der Waals surface area contributed by atoms with Gasteiger partial charge in [0.05, 0.1) is 4.90 Å². The van der Waals surface area contributed by atoms with E-state index < -0.39 is 10.0 Å². The number of benzene rings is 2. The van der Waals surface area contributed by atoms with Crippen LogP contribution in [0.1, 0.15) is 17.2 Å². The molecule has 0 aromatic heterocycles. The Morgan fingerprint density at radius 3 is 2.82 bits per heavy atom. The minimum atomic E-state index is -3.56. The highest BCUT2D eigenvalue weighted by Crippen LogP contribution is 2.22. The van der Waals surface area contributed by atoms with Gasteiger partial charge in [-0.15, -0.1) is 0 Å². The highest BCUT2D eigenvalue weighted by molar-refractivity contribution is 7.89. The molecule has 0 bridgehead atoms. The third kappa shape index (κ3) is 3.33. The molecule has 1 aliphatic rings. The van der Waals surface area contributed by atoms with Gasteiger partial charge in [-0.25, -0.2) is 13.1 Å². The Morgan fingerprint density at radius 1 is 1.18 bits per heavy atom. The van der Waals surface area contributed by atoms with Gasteiger partial charge in [0.25, 0.3) is 0 Å². The summed E-state index contributed by atoms with van der Waals surface area (Å²) < 4.78 is 27.3. The van der Waals surface area contributed by atoms with Gasteiger partial charge >= 0.3 is 0 Å². The van der Waals surface area contributed by atoms with E-state index in [0.29, 0.717) is 11.6 Å². The van der Waals surface area contributed by atoms with Crippen molar-refractivity contribution in [2.45, 2.75) is 17.4 Å². The van der Waals surface area contributed by atoms with Crippen molar-refractivity contribution >= 4 is 21.6 Å². The summed E-state index contributed by atoms with van der Waals surface area (Å²) in [5.74, 6) is 0. The fraction of sp³-hybridized carbons (Fsp3) is 0.250. The highest BCUT2D eigenvalue weighted by atomic mass is 35.5. The fourth-order valence-corrected chi connectivity index (χ4v) is 4.03. The fourth-order valence-electron chi connectivity index (χ4n) is 2.69. The van der Waals surface area contributed by atoms with Crippen molar-refractivity contribution in [3.63, 3.8) is 0 Å². The molecule has 0 radical (unpaired) electrons. The van der Waals surface area contributed by atoms with Crippen LogP contribution in [-0.4, -0.2) is 21.5 Å². The molecule has 0 spiro atoms. The lowest BCUT2D eigenvalue weighted by Gasteiger charge is -2.27. The zero-order valence-electron chi connectivity index (χ0n) is 11.9. The van der Waals surface area contributed by atoms with E-state index in [-0.39, 0.29) is 10.9 Å². The standard InChI is InChI=1S/C16H17ClN2O2S/c17-13-5-3-6-14(10-13)22(20,21)19-11-16-15-7-2-1-4-12(15)8-9-18-16/h1-7,10,16,18-19H,8-9,11H2. The smallest absolute Gasteiger partial charge is 0.240 e. The molecule has 1 unspecified atom stereocenters. The third-order valence-corrected chi connectivity index (χ3v) is 5.46. The Bertz CT molecular complexity index is 777. The molecule has 0 fully saturated rings. The van der Waals surface area contributed by atoms with Crippen LogP contribution in [-0.2, 0) is 16.4 Å². The second kappa shape index (κ2) is 6.38. The van der Waals surface area contributed by atoms with Crippen LogP contribution in [0.3, 0.4) is 0 Å². The van der Waals surface area contributed by atoms with Crippen molar-refractivity contribution in [2.75, 3.05) is 13.1 Å². The SMILES string of the molecule is O=S(=O)(NCC1NCCc2ccccc21)c1cccc(Cl)c1. The van der Waals surface area contributed by atoms with E-state index in [4.69, 9.17) is 11.6 Å². The van der Waals surface area contributed by atoms with Gasteiger partial charge in [-0.05, 0) is 42.3 Å². The molecule has 116 valence electrons. The first-order valence-electron chi connectivity index (χ1n) is 7.13. The molecule has 0 aliphatic carbocycles. The zero-order chi connectivity index (χ0) is 15.6. The van der Waals surface area contributed by atoms with Gasteiger partial charge in [-0.1, -0.05) is 41.9 Å². The quantitative estimate of drug-likeness (QED) is 0.902. The van der Waals surface area contributed by atoms with E-state index in [9.17, 15) is 8.42 Å². The van der Waals surface area contributed by atoms with Gasteiger partial charge < -0.3 is 5.32 Å². The maximum atomic E-state index is 12.3. The van der Waals surface area contributed by atoms with Crippen molar-refractivity contribution in [2.24, 2.45) is 0 Å². The molecular formula is C16H17ClN2O2S. The molecule has 0 amide bonds. The lowest BCUT2D eigenvalue weighted by molar-refractivity contribution is 0.491. The van der Waals surface area contributed by atoms with Crippen LogP contribution < -0.4 is 10.0 Å². The maximum Gasteiger partial charge on any atom is 0.240 e. The molecule has 6 heteroatoms. The van der Waals surface area contributed by atoms with Gasteiger partial charge in [-0.2, -0.15) is 0 Å². The summed E-state index contributed by atoms with van der Waals surface area (Å²) >= 11 is 5.86. The molecule has 1 heterocycles. The summed E-state index contributed by atoms with van der Waals surface area (Å²) in [7, 11) is -3.56. The molecule has 3 rings (SSSR count). The normalized spacial score (nSPS) is 18.0. The second-order valence-electron chi connectivity index (χ2n) is 5.26. The maximum absolute atomic E-state index is 12.3. The van der Waals surface area contributed by atoms with Gasteiger partial charge in [0.1, 0.15) is 0 Å². The number of rotatable bonds is 4. The number of hydrogen-bond acceptors (Lipinski definition) is 3. The molecular weight excluding hydrogens is 320 g/mol. The number of sulfonamides is 1. The van der Waals surface area contributed by atoms with E-state index in [1.54, 1.807) is 12.1 Å². The van der Waals surface area contributed by atoms with Crippen LogP contribution in [0.2, 0.25) is 5.02 Å². The predicted molar refractivity (Wildman–Crippen MR) is 87.5 cm³/mol. The van der Waals surface area contributed by atoms with Crippen molar-refractivity contribution in [3.8, 4) is 0 Å². The minimum Gasteiger partial charge on any atom is -0.308 e. The van der Waals surface area contributed by atoms with Crippen molar-refractivity contribution in [1.82, 2.24) is 10.0 Å². The highest BCUT2D eigenvalue weighted by Gasteiger charge is 2.22. The lowest BCUT2D eigenvalue weighted by atomic mass is 9.95. The van der Waals surface area contributed by atoms with Crippen molar-refractivity contribution in [3.05, 3.63) is 64.7 Å². The van der Waals surface area contributed by atoms with Crippen molar-refractivity contribution < 1.29 is 8.42 Å². The van der Waals surface area contributed by atoms with E-state index >= 15 is 0 Å². The number of nitrogens with one attached hydrogen (secondary N) is 2. The third-order valence-electron chi connectivity index (χ3n) is 3.80. The molecule has 22 heavy (non-hydrogen) atoms. The Hall–Kier alpha value is -1.40. The predicted octanol–water partition coefficient (Wildman–Crippen LogP) is 2.51. The number of hydrogen-bond donors (Lipinski definition) is 2. The van der Waals surface area contributed by atoms with Crippen molar-refractivity contribution in [1.29, 1.82) is 0 Å². The molecule has 1 atom stereocenters. The van der Waals surface area contributed by atoms with Crippen LogP contribution in [0.25, 0.3) is 0 Å². The minimum absolute atomic E-state index is 0.0149. The van der Waals surface area contributed by atoms with E-state index in [0.717, 1.165) is 18.5 Å². The Labute approximate surface area is 135 Å². The zero-order valence-corrected chi connectivity index (χ0v) is 13.5. The van der Waals surface area contributed by atoms with Crippen LogP contribution in [0, 0.1) is 0 Å². The van der Waals surface area contributed by atoms with Crippen LogP contribution in [0.15, 0.2) is 53.4 Å². The number of fused-ring (bicyclic) bond motifs is 1. The number of halogens is 1. The summed E-state index contributed by atoms with van der Waals surface area (Å²) in [6.07, 6.45) is 0.966. The van der Waals surface area contributed by atoms with Crippen LogP contribution >= 0.6 is 11.6 Å². The van der Waals surface area contributed by atoms with E-state index in [2.05, 4.69) is 16.1 Å². The average molecular weight is 337 g/mol. The first-order valence-corrected chi connectivity index (χ1v) is 8.99. The van der Waals surface area contributed by atoms with E-state index in [1.807, 2.05) is 18.2 Å². The molecule has 2 aromatic rings. The van der Waals surface area contributed by atoms with Gasteiger partial charge in [0.2, 0.25) is 10.0 Å². The molecule has 4 nitrogen and oxygen atoms in total. The Kier molecular flexibility index (Phi) is 4.49. The molecule has 0 saturated heterocycles. The average Bonchev–Trinajstić information content (AvgIpc) is 2.53. The molecule has 2 N–H and O–H groups in total. The topological polar surface area (TPSA) is 58.2 Å². The van der Waals surface area contributed by atoms with Crippen LogP contribution in [0.4, 0.5) is 0 Å². The molecule has 0 saturated carbocycles. The second-order valence-corrected chi connectivity index (χ2v) is 7.47. The Morgan fingerprint density at radius 2 is 2.00 bits per heavy atom. The summed E-state index contributed by atoms with van der Waals surface area (Å²) in [6, 6.07) is 14.4. The monoisotopic (exact) mass is 336 g/mol. The molecule has 1 aliphatic heterocycles. The Balaban J connectivity index is 1.76. The van der Waals surface area contributed by atoms with Crippen LogP contribution in [0.5, 0.6) is 0 Å².